The van der Waals surface area contributed by atoms with Crippen molar-refractivity contribution in [3.05, 3.63) is 23.8 Å². The second kappa shape index (κ2) is 10.6. The van der Waals surface area contributed by atoms with E-state index in [9.17, 15) is 19.8 Å². The summed E-state index contributed by atoms with van der Waals surface area (Å²) in [5, 5.41) is 20.9. The summed E-state index contributed by atoms with van der Waals surface area (Å²) in [6.45, 7) is 9.73. The van der Waals surface area contributed by atoms with E-state index in [0.29, 0.717) is 19.3 Å². The van der Waals surface area contributed by atoms with E-state index in [-0.39, 0.29) is 48.1 Å². The molecular weight excluding hydrogens is 382 g/mol. The summed E-state index contributed by atoms with van der Waals surface area (Å²) in [6, 6.07) is 0. The fraction of sp³-hybridized carbons (Fsp3) is 0.750. The molecule has 30 heavy (non-hydrogen) atoms. The van der Waals surface area contributed by atoms with Gasteiger partial charge in [0.25, 0.3) is 0 Å². The standard InChI is InChI=1S/C24H39NO5/c1-6-14(4)24(29)30-19-11-13(3)10-16-9-8-15(5)20(21(16)19)22(23(25)28)18(27)12-17(26)7-2/h8-10,13-15,17-22,26-27H,6-7,11-12H2,1-5H3,(H2,25,28)/t13-,14-,15?,17+,18+,19-,20-,21+,22+/m0/s1. The molecule has 2 aliphatic rings. The van der Waals surface area contributed by atoms with Gasteiger partial charge in [0, 0.05) is 5.92 Å². The highest BCUT2D eigenvalue weighted by molar-refractivity contribution is 5.78. The number of hydrogen-bond acceptors (Lipinski definition) is 5. The molecule has 6 heteroatoms. The number of carbonyl (C=O) groups is 2. The van der Waals surface area contributed by atoms with Crippen LogP contribution < -0.4 is 5.73 Å². The number of allylic oxidation sites excluding steroid dienone is 3. The average molecular weight is 422 g/mol. The van der Waals surface area contributed by atoms with Gasteiger partial charge in [-0.1, -0.05) is 52.8 Å². The molecule has 1 unspecified atom stereocenters. The quantitative estimate of drug-likeness (QED) is 0.496. The molecule has 0 aromatic carbocycles. The van der Waals surface area contributed by atoms with E-state index in [4.69, 9.17) is 10.5 Å². The van der Waals surface area contributed by atoms with Gasteiger partial charge in [0.2, 0.25) is 5.91 Å². The lowest BCUT2D eigenvalue weighted by molar-refractivity contribution is -0.160. The topological polar surface area (TPSA) is 110 Å². The maximum Gasteiger partial charge on any atom is 0.308 e. The number of esters is 1. The number of amides is 1. The molecule has 1 amide bonds. The smallest absolute Gasteiger partial charge is 0.308 e. The molecular formula is C24H39NO5. The number of hydrogen-bond donors (Lipinski definition) is 3. The van der Waals surface area contributed by atoms with E-state index in [1.807, 2.05) is 33.8 Å². The lowest BCUT2D eigenvalue weighted by Crippen LogP contribution is -2.50. The summed E-state index contributed by atoms with van der Waals surface area (Å²) in [5.74, 6) is -2.14. The number of fused-ring (bicyclic) bond motifs is 1. The molecule has 6 nitrogen and oxygen atoms in total. The molecule has 170 valence electrons. The van der Waals surface area contributed by atoms with Gasteiger partial charge in [-0.05, 0) is 49.0 Å². The van der Waals surface area contributed by atoms with E-state index in [2.05, 4.69) is 19.1 Å². The van der Waals surface area contributed by atoms with Gasteiger partial charge < -0.3 is 20.7 Å². The van der Waals surface area contributed by atoms with E-state index in [1.165, 1.54) is 0 Å². The van der Waals surface area contributed by atoms with Gasteiger partial charge in [0.1, 0.15) is 6.10 Å². The summed E-state index contributed by atoms with van der Waals surface area (Å²) in [6.07, 6.45) is 6.09. The van der Waals surface area contributed by atoms with Crippen molar-refractivity contribution in [3.63, 3.8) is 0 Å². The molecule has 0 saturated carbocycles. The van der Waals surface area contributed by atoms with Crippen molar-refractivity contribution in [1.29, 1.82) is 0 Å². The maximum absolute atomic E-state index is 12.6. The van der Waals surface area contributed by atoms with Crippen molar-refractivity contribution in [2.75, 3.05) is 0 Å². The van der Waals surface area contributed by atoms with Crippen LogP contribution in [0.3, 0.4) is 0 Å². The summed E-state index contributed by atoms with van der Waals surface area (Å²) in [7, 11) is 0. The highest BCUT2D eigenvalue weighted by Crippen LogP contribution is 2.47. The number of rotatable bonds is 9. The molecule has 0 heterocycles. The van der Waals surface area contributed by atoms with Crippen LogP contribution in [0, 0.1) is 35.5 Å². The van der Waals surface area contributed by atoms with Gasteiger partial charge >= 0.3 is 5.97 Å². The third-order valence-electron chi connectivity index (χ3n) is 6.91. The monoisotopic (exact) mass is 421 g/mol. The number of aliphatic hydroxyl groups is 2. The van der Waals surface area contributed by atoms with Crippen LogP contribution >= 0.6 is 0 Å². The van der Waals surface area contributed by atoms with E-state index >= 15 is 0 Å². The van der Waals surface area contributed by atoms with Crippen LogP contribution in [-0.2, 0) is 14.3 Å². The molecule has 0 aromatic rings. The van der Waals surface area contributed by atoms with Gasteiger partial charge in [-0.3, -0.25) is 9.59 Å². The third-order valence-corrected chi connectivity index (χ3v) is 6.91. The first kappa shape index (κ1) is 24.6. The Morgan fingerprint density at radius 3 is 2.47 bits per heavy atom. The minimum absolute atomic E-state index is 0.0312. The van der Waals surface area contributed by atoms with Crippen molar-refractivity contribution >= 4 is 11.9 Å². The predicted octanol–water partition coefficient (Wildman–Crippen LogP) is 2.97. The number of nitrogens with two attached hydrogens (primary N) is 1. The first-order chi connectivity index (χ1) is 14.1. The molecule has 0 aliphatic heterocycles. The lowest BCUT2D eigenvalue weighted by atomic mass is 9.61. The van der Waals surface area contributed by atoms with E-state index in [0.717, 1.165) is 5.57 Å². The second-order valence-electron chi connectivity index (χ2n) is 9.28. The first-order valence-corrected chi connectivity index (χ1v) is 11.4. The molecule has 0 spiro atoms. The summed E-state index contributed by atoms with van der Waals surface area (Å²) in [5.41, 5.74) is 6.82. The third kappa shape index (κ3) is 5.52. The molecule has 9 atom stereocenters. The molecule has 4 N–H and O–H groups in total. The van der Waals surface area contributed by atoms with Gasteiger partial charge in [-0.25, -0.2) is 0 Å². The van der Waals surface area contributed by atoms with Crippen molar-refractivity contribution < 1.29 is 24.5 Å². The maximum atomic E-state index is 12.6. The zero-order valence-corrected chi connectivity index (χ0v) is 19.0. The normalized spacial score (nSPS) is 32.4. The van der Waals surface area contributed by atoms with Gasteiger partial charge in [-0.2, -0.15) is 0 Å². The summed E-state index contributed by atoms with van der Waals surface area (Å²) in [4.78, 5) is 25.1. The first-order valence-electron chi connectivity index (χ1n) is 11.4. The second-order valence-corrected chi connectivity index (χ2v) is 9.28. The molecule has 0 bridgehead atoms. The number of ether oxygens (including phenoxy) is 1. The largest absolute Gasteiger partial charge is 0.461 e. The van der Waals surface area contributed by atoms with Crippen LogP contribution in [-0.4, -0.2) is 40.4 Å². The van der Waals surface area contributed by atoms with Crippen LogP contribution in [0.4, 0.5) is 0 Å². The van der Waals surface area contributed by atoms with Crippen LogP contribution in [0.1, 0.15) is 60.3 Å². The van der Waals surface area contributed by atoms with Crippen molar-refractivity contribution in [2.24, 2.45) is 41.2 Å². The Labute approximate surface area is 180 Å². The Morgan fingerprint density at radius 2 is 1.90 bits per heavy atom. The SMILES string of the molecule is CC[C@@H](O)C[C@@H](O)[C@@H](C(N)=O)[C@H]1C(C)C=CC2=C[C@H](C)C[C@H](OC(=O)[C@@H](C)CC)[C@@H]21. The van der Waals surface area contributed by atoms with Crippen molar-refractivity contribution in [3.8, 4) is 0 Å². The highest BCUT2D eigenvalue weighted by atomic mass is 16.5. The van der Waals surface area contributed by atoms with E-state index < -0.39 is 24.0 Å². The zero-order chi connectivity index (χ0) is 22.6. The van der Waals surface area contributed by atoms with Gasteiger partial charge in [-0.15, -0.1) is 0 Å². The minimum Gasteiger partial charge on any atom is -0.461 e. The Bertz CT molecular complexity index is 673. The van der Waals surface area contributed by atoms with Gasteiger partial charge in [0.15, 0.2) is 0 Å². The Balaban J connectivity index is 2.42. The predicted molar refractivity (Wildman–Crippen MR) is 116 cm³/mol. The average Bonchev–Trinajstić information content (AvgIpc) is 2.68. The number of aliphatic hydroxyl groups excluding tert-OH is 2. The number of primary amides is 1. The summed E-state index contributed by atoms with van der Waals surface area (Å²) < 4.78 is 5.98. The fourth-order valence-electron chi connectivity index (χ4n) is 4.92. The zero-order valence-electron chi connectivity index (χ0n) is 19.0. The minimum atomic E-state index is -1.05. The van der Waals surface area contributed by atoms with Crippen LogP contribution in [0.5, 0.6) is 0 Å². The van der Waals surface area contributed by atoms with Crippen LogP contribution in [0.25, 0.3) is 0 Å². The Kier molecular flexibility index (Phi) is 8.68. The molecule has 0 aromatic heterocycles. The molecule has 0 radical (unpaired) electrons. The van der Waals surface area contributed by atoms with Gasteiger partial charge in [0.05, 0.1) is 24.0 Å². The molecule has 0 saturated heterocycles. The van der Waals surface area contributed by atoms with Crippen LogP contribution in [0.15, 0.2) is 23.8 Å². The van der Waals surface area contributed by atoms with E-state index in [1.54, 1.807) is 0 Å². The lowest BCUT2D eigenvalue weighted by Gasteiger charge is -2.46. The number of carbonyl (C=O) groups excluding carboxylic acids is 2. The molecule has 2 aliphatic carbocycles. The highest BCUT2D eigenvalue weighted by Gasteiger charge is 2.48. The Hall–Kier alpha value is -1.66. The van der Waals surface area contributed by atoms with Crippen molar-refractivity contribution in [1.82, 2.24) is 0 Å². The summed E-state index contributed by atoms with van der Waals surface area (Å²) >= 11 is 0. The molecule has 0 fully saturated rings. The Morgan fingerprint density at radius 1 is 1.23 bits per heavy atom. The van der Waals surface area contributed by atoms with Crippen LogP contribution in [0.2, 0.25) is 0 Å². The van der Waals surface area contributed by atoms with Crippen molar-refractivity contribution in [2.45, 2.75) is 78.6 Å². The molecule has 2 rings (SSSR count). The fourth-order valence-corrected chi connectivity index (χ4v) is 4.92.